The SMILES string of the molecule is CCOC(=O)C(=S)C(C)(C)C. The number of ether oxygens (including phenoxy) is 1. The van der Waals surface area contributed by atoms with Crippen LogP contribution in [0.2, 0.25) is 0 Å². The van der Waals surface area contributed by atoms with E-state index in [1.54, 1.807) is 6.92 Å². The van der Waals surface area contributed by atoms with E-state index in [9.17, 15) is 4.79 Å². The first kappa shape index (κ1) is 10.6. The molecule has 0 aromatic carbocycles. The van der Waals surface area contributed by atoms with Crippen LogP contribution in [0.4, 0.5) is 0 Å². The summed E-state index contributed by atoms with van der Waals surface area (Å²) in [5, 5.41) is 0. The topological polar surface area (TPSA) is 26.3 Å². The van der Waals surface area contributed by atoms with Crippen LogP contribution in [0.25, 0.3) is 0 Å². The van der Waals surface area contributed by atoms with E-state index >= 15 is 0 Å². The molecule has 3 heteroatoms. The van der Waals surface area contributed by atoms with Crippen LogP contribution in [0.5, 0.6) is 0 Å². The molecule has 0 saturated heterocycles. The van der Waals surface area contributed by atoms with Gasteiger partial charge in [0.05, 0.1) is 6.61 Å². The molecule has 0 aromatic heterocycles. The Bertz CT molecular complexity index is 167. The number of thiocarbonyl (C=S) groups is 1. The van der Waals surface area contributed by atoms with E-state index in [1.165, 1.54) is 0 Å². The zero-order chi connectivity index (χ0) is 9.07. The summed E-state index contributed by atoms with van der Waals surface area (Å²) in [5.74, 6) is -0.366. The van der Waals surface area contributed by atoms with Crippen molar-refractivity contribution in [3.63, 3.8) is 0 Å². The quantitative estimate of drug-likeness (QED) is 0.473. The third-order valence-corrected chi connectivity index (χ3v) is 1.92. The van der Waals surface area contributed by atoms with Gasteiger partial charge in [-0.3, -0.25) is 0 Å². The Morgan fingerprint density at radius 2 is 1.91 bits per heavy atom. The van der Waals surface area contributed by atoms with Crippen LogP contribution < -0.4 is 0 Å². The molecule has 0 atom stereocenters. The lowest BCUT2D eigenvalue weighted by Crippen LogP contribution is -2.28. The molecule has 2 nitrogen and oxygen atoms in total. The fourth-order valence-corrected chi connectivity index (χ4v) is 0.562. The summed E-state index contributed by atoms with van der Waals surface area (Å²) in [7, 11) is 0. The lowest BCUT2D eigenvalue weighted by molar-refractivity contribution is -0.135. The molecule has 0 heterocycles. The lowest BCUT2D eigenvalue weighted by Gasteiger charge is -2.17. The van der Waals surface area contributed by atoms with Gasteiger partial charge in [-0.1, -0.05) is 33.0 Å². The van der Waals surface area contributed by atoms with Crippen LogP contribution in [0.1, 0.15) is 27.7 Å². The normalized spacial score (nSPS) is 10.9. The highest BCUT2D eigenvalue weighted by Crippen LogP contribution is 2.16. The number of rotatable bonds is 2. The number of carbonyl (C=O) groups excluding carboxylic acids is 1. The minimum Gasteiger partial charge on any atom is -0.462 e. The van der Waals surface area contributed by atoms with Crippen molar-refractivity contribution in [2.75, 3.05) is 6.61 Å². The smallest absolute Gasteiger partial charge is 0.345 e. The Hall–Kier alpha value is -0.440. The van der Waals surface area contributed by atoms with Gasteiger partial charge in [-0.25, -0.2) is 4.79 Å². The standard InChI is InChI=1S/C8H14O2S/c1-5-10-7(9)6(11)8(2,3)4/h5H2,1-4H3. The second-order valence-electron chi connectivity index (χ2n) is 3.30. The third-order valence-electron chi connectivity index (χ3n) is 1.14. The maximum absolute atomic E-state index is 11.0. The molecule has 11 heavy (non-hydrogen) atoms. The van der Waals surface area contributed by atoms with Crippen molar-refractivity contribution < 1.29 is 9.53 Å². The second kappa shape index (κ2) is 3.81. The van der Waals surface area contributed by atoms with E-state index in [0.717, 1.165) is 0 Å². The summed E-state index contributed by atoms with van der Waals surface area (Å²) in [6.07, 6.45) is 0. The van der Waals surface area contributed by atoms with Gasteiger partial charge < -0.3 is 4.74 Å². The molecule has 0 N–H and O–H groups in total. The molecule has 0 rings (SSSR count). The molecule has 0 aliphatic rings. The van der Waals surface area contributed by atoms with Gasteiger partial charge in [0.25, 0.3) is 0 Å². The molecule has 0 spiro atoms. The van der Waals surface area contributed by atoms with E-state index in [1.807, 2.05) is 20.8 Å². The molecule has 0 aromatic rings. The zero-order valence-electron chi connectivity index (χ0n) is 7.43. The van der Waals surface area contributed by atoms with Crippen molar-refractivity contribution in [2.45, 2.75) is 27.7 Å². The van der Waals surface area contributed by atoms with Gasteiger partial charge in [-0.05, 0) is 6.92 Å². The highest BCUT2D eigenvalue weighted by atomic mass is 32.1. The third kappa shape index (κ3) is 3.46. The summed E-state index contributed by atoms with van der Waals surface area (Å²) in [5.41, 5.74) is -0.262. The van der Waals surface area contributed by atoms with Gasteiger partial charge in [-0.2, -0.15) is 0 Å². The summed E-state index contributed by atoms with van der Waals surface area (Å²) in [6.45, 7) is 7.84. The Balaban J connectivity index is 4.15. The van der Waals surface area contributed by atoms with Crippen LogP contribution in [-0.2, 0) is 9.53 Å². The fraction of sp³-hybridized carbons (Fsp3) is 0.750. The predicted octanol–water partition coefficient (Wildman–Crippen LogP) is 1.97. The van der Waals surface area contributed by atoms with E-state index in [-0.39, 0.29) is 11.4 Å². The maximum Gasteiger partial charge on any atom is 0.345 e. The van der Waals surface area contributed by atoms with Crippen molar-refractivity contribution in [2.24, 2.45) is 5.41 Å². The molecule has 0 unspecified atom stereocenters. The van der Waals surface area contributed by atoms with Crippen molar-refractivity contribution in [3.05, 3.63) is 0 Å². The highest BCUT2D eigenvalue weighted by molar-refractivity contribution is 7.82. The molecule has 64 valence electrons. The van der Waals surface area contributed by atoms with E-state index in [4.69, 9.17) is 17.0 Å². The molecule has 0 saturated carbocycles. The van der Waals surface area contributed by atoms with E-state index < -0.39 is 0 Å². The minimum absolute atomic E-state index is 0.262. The molecule has 0 radical (unpaired) electrons. The first-order valence-corrected chi connectivity index (χ1v) is 4.02. The first-order chi connectivity index (χ1) is 4.89. The largest absolute Gasteiger partial charge is 0.462 e. The Labute approximate surface area is 72.9 Å². The number of hydrogen-bond acceptors (Lipinski definition) is 3. The van der Waals surface area contributed by atoms with Crippen molar-refractivity contribution >= 4 is 23.1 Å². The number of esters is 1. The fourth-order valence-electron chi connectivity index (χ4n) is 0.503. The van der Waals surface area contributed by atoms with Crippen LogP contribution in [0, 0.1) is 5.41 Å². The van der Waals surface area contributed by atoms with E-state index in [2.05, 4.69) is 0 Å². The lowest BCUT2D eigenvalue weighted by atomic mass is 9.92. The van der Waals surface area contributed by atoms with Gasteiger partial charge >= 0.3 is 5.97 Å². The van der Waals surface area contributed by atoms with Crippen molar-refractivity contribution in [1.82, 2.24) is 0 Å². The van der Waals surface area contributed by atoms with Crippen LogP contribution in [-0.4, -0.2) is 17.4 Å². The van der Waals surface area contributed by atoms with Crippen molar-refractivity contribution in [1.29, 1.82) is 0 Å². The molecule has 0 aliphatic carbocycles. The highest BCUT2D eigenvalue weighted by Gasteiger charge is 2.24. The molecular weight excluding hydrogens is 160 g/mol. The Kier molecular flexibility index (Phi) is 3.66. The predicted molar refractivity (Wildman–Crippen MR) is 48.7 cm³/mol. The average molecular weight is 174 g/mol. The number of carbonyl (C=O) groups is 1. The second-order valence-corrected chi connectivity index (χ2v) is 3.71. The molecule has 0 aliphatic heterocycles. The van der Waals surface area contributed by atoms with Gasteiger partial charge in [0.15, 0.2) is 0 Å². The minimum atomic E-state index is -0.366. The summed E-state index contributed by atoms with van der Waals surface area (Å²) < 4.78 is 4.75. The molecule has 0 fully saturated rings. The average Bonchev–Trinajstić information content (AvgIpc) is 1.85. The van der Waals surface area contributed by atoms with Crippen LogP contribution in [0.3, 0.4) is 0 Å². The first-order valence-electron chi connectivity index (χ1n) is 3.61. The van der Waals surface area contributed by atoms with Gasteiger partial charge in [-0.15, -0.1) is 0 Å². The Morgan fingerprint density at radius 3 is 2.18 bits per heavy atom. The summed E-state index contributed by atoms with van der Waals surface area (Å²) in [6, 6.07) is 0. The van der Waals surface area contributed by atoms with Crippen molar-refractivity contribution in [3.8, 4) is 0 Å². The van der Waals surface area contributed by atoms with Crippen LogP contribution >= 0.6 is 12.2 Å². The number of hydrogen-bond donors (Lipinski definition) is 0. The maximum atomic E-state index is 11.0. The summed E-state index contributed by atoms with van der Waals surface area (Å²) in [4.78, 5) is 11.4. The monoisotopic (exact) mass is 174 g/mol. The zero-order valence-corrected chi connectivity index (χ0v) is 8.25. The van der Waals surface area contributed by atoms with Crippen LogP contribution in [0.15, 0.2) is 0 Å². The molecular formula is C8H14O2S. The molecule has 0 amide bonds. The Morgan fingerprint density at radius 1 is 1.45 bits per heavy atom. The van der Waals surface area contributed by atoms with Gasteiger partial charge in [0.1, 0.15) is 4.86 Å². The van der Waals surface area contributed by atoms with E-state index in [0.29, 0.717) is 11.5 Å². The van der Waals surface area contributed by atoms with Gasteiger partial charge in [0.2, 0.25) is 0 Å². The summed E-state index contributed by atoms with van der Waals surface area (Å²) >= 11 is 4.90. The molecule has 0 bridgehead atoms. The van der Waals surface area contributed by atoms with Gasteiger partial charge in [0, 0.05) is 5.41 Å².